The molecule has 1 aromatic carbocycles. The Kier molecular flexibility index (Phi) is 5.62. The van der Waals surface area contributed by atoms with Gasteiger partial charge in [0.2, 0.25) is 0 Å². The number of nitro groups is 2. The highest BCUT2D eigenvalue weighted by atomic mass is 32.2. The second-order valence-electron chi connectivity index (χ2n) is 7.85. The van der Waals surface area contributed by atoms with Crippen LogP contribution in [0.2, 0.25) is 0 Å². The Morgan fingerprint density at radius 2 is 2.07 bits per heavy atom. The molecule has 10 heteroatoms. The number of thioether (sulfide) groups is 1. The number of hydrogen-bond acceptors (Lipinski definition) is 8. The minimum absolute atomic E-state index is 0.0642. The summed E-state index contributed by atoms with van der Waals surface area (Å²) in [4.78, 5) is 20.9. The van der Waals surface area contributed by atoms with Crippen molar-refractivity contribution in [3.8, 4) is 0 Å². The molecule has 3 rings (SSSR count). The van der Waals surface area contributed by atoms with Crippen molar-refractivity contribution < 1.29 is 15.0 Å². The highest BCUT2D eigenvalue weighted by Gasteiger charge is 2.62. The molecule has 9 nitrogen and oxygen atoms in total. The standard InChI is InChI=1S/C18H24N4O5S/c1-17-6-5-12(18(17,2)11-28-8-7-23)9-16(17)20-19-14-4-3-13(21(24)25)10-15(14)22(26)27/h3-4,10,12,19,23H,5-9,11H2,1-2H3. The van der Waals surface area contributed by atoms with Gasteiger partial charge in [-0.2, -0.15) is 16.9 Å². The van der Waals surface area contributed by atoms with Crippen molar-refractivity contribution in [2.45, 2.75) is 33.1 Å². The lowest BCUT2D eigenvalue weighted by molar-refractivity contribution is -0.393. The van der Waals surface area contributed by atoms with E-state index in [9.17, 15) is 20.2 Å². The maximum absolute atomic E-state index is 11.3. The maximum atomic E-state index is 11.3. The van der Waals surface area contributed by atoms with Crippen molar-refractivity contribution in [3.63, 3.8) is 0 Å². The van der Waals surface area contributed by atoms with Crippen LogP contribution in [0.1, 0.15) is 33.1 Å². The van der Waals surface area contributed by atoms with Gasteiger partial charge in [0, 0.05) is 22.9 Å². The van der Waals surface area contributed by atoms with Gasteiger partial charge in [0.05, 0.1) is 22.5 Å². The van der Waals surface area contributed by atoms with Crippen LogP contribution in [0, 0.1) is 37.0 Å². The van der Waals surface area contributed by atoms with Crippen LogP contribution in [-0.2, 0) is 0 Å². The fourth-order valence-electron chi connectivity index (χ4n) is 4.58. The number of nitro benzene ring substituents is 2. The van der Waals surface area contributed by atoms with Gasteiger partial charge >= 0.3 is 5.69 Å². The summed E-state index contributed by atoms with van der Waals surface area (Å²) >= 11 is 1.74. The Morgan fingerprint density at radius 3 is 2.71 bits per heavy atom. The smallest absolute Gasteiger partial charge is 0.301 e. The summed E-state index contributed by atoms with van der Waals surface area (Å²) in [6.45, 7) is 4.63. The fraction of sp³-hybridized carbons (Fsp3) is 0.611. The molecule has 0 amide bonds. The van der Waals surface area contributed by atoms with Crippen LogP contribution < -0.4 is 5.43 Å². The second-order valence-corrected chi connectivity index (χ2v) is 8.96. The predicted molar refractivity (Wildman–Crippen MR) is 109 cm³/mol. The molecule has 0 spiro atoms. The van der Waals surface area contributed by atoms with E-state index < -0.39 is 9.85 Å². The molecule has 152 valence electrons. The first-order chi connectivity index (χ1) is 13.2. The number of hydrazone groups is 1. The SMILES string of the molecule is CC12CCC(CC1=NNc1ccc([N+](=O)[O-])cc1[N+](=O)[O-])C2(C)CSCCO. The van der Waals surface area contributed by atoms with Crippen molar-refractivity contribution in [3.05, 3.63) is 38.4 Å². The number of benzene rings is 1. The van der Waals surface area contributed by atoms with Crippen LogP contribution in [-0.4, -0.2) is 38.8 Å². The van der Waals surface area contributed by atoms with Crippen LogP contribution in [0.3, 0.4) is 0 Å². The van der Waals surface area contributed by atoms with Gasteiger partial charge in [-0.15, -0.1) is 0 Å². The number of nitrogens with one attached hydrogen (secondary N) is 1. The van der Waals surface area contributed by atoms with Gasteiger partial charge in [-0.05, 0) is 42.4 Å². The van der Waals surface area contributed by atoms with E-state index in [1.165, 1.54) is 12.1 Å². The Hall–Kier alpha value is -2.20. The summed E-state index contributed by atoms with van der Waals surface area (Å²) in [5.41, 5.74) is 3.19. The molecule has 2 N–H and O–H groups in total. The molecule has 0 aliphatic heterocycles. The molecular formula is C18H24N4O5S. The lowest BCUT2D eigenvalue weighted by Gasteiger charge is -2.38. The van der Waals surface area contributed by atoms with Gasteiger partial charge in [0.15, 0.2) is 0 Å². The molecule has 0 aromatic heterocycles. The summed E-state index contributed by atoms with van der Waals surface area (Å²) in [7, 11) is 0. The molecule has 0 heterocycles. The highest BCUT2D eigenvalue weighted by Crippen LogP contribution is 2.65. The molecule has 1 aromatic rings. The van der Waals surface area contributed by atoms with Crippen LogP contribution in [0.25, 0.3) is 0 Å². The summed E-state index contributed by atoms with van der Waals surface area (Å²) in [6.07, 6.45) is 2.97. The zero-order valence-electron chi connectivity index (χ0n) is 15.9. The van der Waals surface area contributed by atoms with Crippen LogP contribution in [0.15, 0.2) is 23.3 Å². The Bertz CT molecular complexity index is 832. The number of rotatable bonds is 8. The molecule has 2 bridgehead atoms. The van der Waals surface area contributed by atoms with E-state index >= 15 is 0 Å². The van der Waals surface area contributed by atoms with E-state index in [0.717, 1.165) is 36.8 Å². The Morgan fingerprint density at radius 1 is 1.32 bits per heavy atom. The Balaban J connectivity index is 1.84. The largest absolute Gasteiger partial charge is 0.396 e. The van der Waals surface area contributed by atoms with E-state index in [4.69, 9.17) is 5.11 Å². The van der Waals surface area contributed by atoms with Crippen molar-refractivity contribution in [1.82, 2.24) is 0 Å². The lowest BCUT2D eigenvalue weighted by Crippen LogP contribution is -2.37. The monoisotopic (exact) mass is 408 g/mol. The van der Waals surface area contributed by atoms with Crippen LogP contribution >= 0.6 is 11.8 Å². The molecule has 3 atom stereocenters. The van der Waals surface area contributed by atoms with Crippen molar-refractivity contribution in [1.29, 1.82) is 0 Å². The molecule has 2 aliphatic carbocycles. The van der Waals surface area contributed by atoms with Gasteiger partial charge < -0.3 is 5.11 Å². The first-order valence-corrected chi connectivity index (χ1v) is 10.3. The molecule has 2 saturated carbocycles. The molecule has 2 aliphatic rings. The number of nitrogens with zero attached hydrogens (tertiary/aromatic N) is 3. The molecule has 3 unspecified atom stereocenters. The zero-order valence-corrected chi connectivity index (χ0v) is 16.7. The number of anilines is 1. The van der Waals surface area contributed by atoms with E-state index in [2.05, 4.69) is 24.4 Å². The lowest BCUT2D eigenvalue weighted by atomic mass is 9.70. The van der Waals surface area contributed by atoms with E-state index in [1.807, 2.05) is 0 Å². The van der Waals surface area contributed by atoms with Crippen LogP contribution in [0.5, 0.6) is 0 Å². The fourth-order valence-corrected chi connectivity index (χ4v) is 5.83. The average molecular weight is 408 g/mol. The molecule has 0 saturated heterocycles. The van der Waals surface area contributed by atoms with Gasteiger partial charge in [-0.1, -0.05) is 13.8 Å². The number of aliphatic hydroxyl groups excluding tert-OH is 1. The minimum Gasteiger partial charge on any atom is -0.396 e. The molecule has 28 heavy (non-hydrogen) atoms. The van der Waals surface area contributed by atoms with Crippen molar-refractivity contribution >= 4 is 34.5 Å². The van der Waals surface area contributed by atoms with Gasteiger partial charge in [-0.25, -0.2) is 0 Å². The molecule has 0 radical (unpaired) electrons. The van der Waals surface area contributed by atoms with E-state index in [0.29, 0.717) is 11.7 Å². The van der Waals surface area contributed by atoms with Crippen molar-refractivity contribution in [2.75, 3.05) is 23.5 Å². The third-order valence-corrected chi connectivity index (χ3v) is 7.84. The second kappa shape index (κ2) is 7.67. The topological polar surface area (TPSA) is 131 Å². The van der Waals surface area contributed by atoms with Crippen molar-refractivity contribution in [2.24, 2.45) is 21.8 Å². The van der Waals surface area contributed by atoms with Crippen LogP contribution in [0.4, 0.5) is 17.1 Å². The normalized spacial score (nSPS) is 30.0. The number of non-ortho nitro benzene ring substituents is 1. The van der Waals surface area contributed by atoms with E-state index in [1.54, 1.807) is 11.8 Å². The van der Waals surface area contributed by atoms with Gasteiger partial charge in [-0.3, -0.25) is 25.7 Å². The average Bonchev–Trinajstić information content (AvgIpc) is 3.02. The maximum Gasteiger partial charge on any atom is 0.301 e. The van der Waals surface area contributed by atoms with E-state index in [-0.39, 0.29) is 34.5 Å². The summed E-state index contributed by atoms with van der Waals surface area (Å²) in [5, 5.41) is 35.8. The zero-order chi connectivity index (χ0) is 20.5. The quantitative estimate of drug-likeness (QED) is 0.380. The molecular weight excluding hydrogens is 384 g/mol. The number of aliphatic hydroxyl groups is 1. The summed E-state index contributed by atoms with van der Waals surface area (Å²) in [5.74, 6) is 2.14. The first-order valence-electron chi connectivity index (χ1n) is 9.17. The predicted octanol–water partition coefficient (Wildman–Crippen LogP) is 3.82. The molecule has 2 fully saturated rings. The minimum atomic E-state index is -0.658. The third kappa shape index (κ3) is 3.35. The Labute approximate surface area is 166 Å². The summed E-state index contributed by atoms with van der Waals surface area (Å²) < 4.78 is 0. The number of hydrogen-bond donors (Lipinski definition) is 2. The first kappa shape index (κ1) is 20.5. The van der Waals surface area contributed by atoms with Gasteiger partial charge in [0.25, 0.3) is 5.69 Å². The highest BCUT2D eigenvalue weighted by molar-refractivity contribution is 7.99. The third-order valence-electron chi connectivity index (χ3n) is 6.57. The van der Waals surface area contributed by atoms with Gasteiger partial charge in [0.1, 0.15) is 5.69 Å². The summed E-state index contributed by atoms with van der Waals surface area (Å²) in [6, 6.07) is 3.50. The number of fused-ring (bicyclic) bond motifs is 2.